The van der Waals surface area contributed by atoms with Crippen LogP contribution < -0.4 is 20.7 Å². The molecule has 246 valence electrons. The maximum Gasteiger partial charge on any atom is 0.251 e. The number of carbonyl (C=O) groups excluding carboxylic acids is 3. The fraction of sp³-hybridized carbons (Fsp3) is 0.447. The van der Waals surface area contributed by atoms with Crippen molar-refractivity contribution in [3.8, 4) is 11.5 Å². The summed E-state index contributed by atoms with van der Waals surface area (Å²) in [4.78, 5) is 39.2. The number of carbonyl (C=O) groups is 3. The van der Waals surface area contributed by atoms with E-state index in [2.05, 4.69) is 16.0 Å². The van der Waals surface area contributed by atoms with E-state index in [9.17, 15) is 19.5 Å². The number of para-hydroxylation sites is 1. The highest BCUT2D eigenvalue weighted by molar-refractivity contribution is 5.94. The van der Waals surface area contributed by atoms with Gasteiger partial charge in [-0.3, -0.25) is 14.4 Å². The molecule has 0 heterocycles. The van der Waals surface area contributed by atoms with Crippen molar-refractivity contribution >= 4 is 17.7 Å². The van der Waals surface area contributed by atoms with Gasteiger partial charge in [0.1, 0.15) is 17.5 Å². The Morgan fingerprint density at radius 3 is 2.15 bits per heavy atom. The van der Waals surface area contributed by atoms with Gasteiger partial charge < -0.3 is 25.8 Å². The Kier molecular flexibility index (Phi) is 13.2. The molecule has 8 nitrogen and oxygen atoms in total. The number of aliphatic hydroxyl groups excluding tert-OH is 1. The summed E-state index contributed by atoms with van der Waals surface area (Å²) in [5.41, 5.74) is 1.40. The van der Waals surface area contributed by atoms with Crippen LogP contribution in [0.5, 0.6) is 11.5 Å². The first kappa shape index (κ1) is 34.7. The van der Waals surface area contributed by atoms with Gasteiger partial charge in [0.25, 0.3) is 5.91 Å². The fourth-order valence-electron chi connectivity index (χ4n) is 6.25. The SMILES string of the molecule is CCC(C)[C@H](NC(C)=O)C(=O)NC(CC(O)C(Cc1ccccc1)NC(=O)c1cccc(Oc2ccccc2)c1)C1CCCCC1. The van der Waals surface area contributed by atoms with Crippen LogP contribution in [0.15, 0.2) is 84.9 Å². The first-order valence-electron chi connectivity index (χ1n) is 16.7. The number of ether oxygens (including phenoxy) is 1. The second-order valence-corrected chi connectivity index (χ2v) is 12.6. The van der Waals surface area contributed by atoms with Crippen molar-refractivity contribution in [2.75, 3.05) is 0 Å². The summed E-state index contributed by atoms with van der Waals surface area (Å²) >= 11 is 0. The van der Waals surface area contributed by atoms with E-state index in [0.29, 0.717) is 23.5 Å². The summed E-state index contributed by atoms with van der Waals surface area (Å²) in [5, 5.41) is 21.0. The van der Waals surface area contributed by atoms with E-state index >= 15 is 0 Å². The van der Waals surface area contributed by atoms with Crippen molar-refractivity contribution in [1.82, 2.24) is 16.0 Å². The third kappa shape index (κ3) is 10.4. The number of nitrogens with one attached hydrogen (secondary N) is 3. The van der Waals surface area contributed by atoms with Crippen molar-refractivity contribution < 1.29 is 24.2 Å². The van der Waals surface area contributed by atoms with Gasteiger partial charge in [-0.05, 0) is 73.4 Å². The van der Waals surface area contributed by atoms with Crippen LogP contribution in [0.1, 0.15) is 81.6 Å². The Hall–Kier alpha value is -4.17. The molecule has 4 unspecified atom stereocenters. The van der Waals surface area contributed by atoms with E-state index < -0.39 is 18.2 Å². The molecule has 0 aliphatic heterocycles. The lowest BCUT2D eigenvalue weighted by molar-refractivity contribution is -0.130. The highest BCUT2D eigenvalue weighted by atomic mass is 16.5. The second-order valence-electron chi connectivity index (χ2n) is 12.6. The zero-order valence-corrected chi connectivity index (χ0v) is 27.3. The van der Waals surface area contributed by atoms with Gasteiger partial charge in [0, 0.05) is 18.5 Å². The topological polar surface area (TPSA) is 117 Å². The van der Waals surface area contributed by atoms with E-state index in [4.69, 9.17) is 4.74 Å². The summed E-state index contributed by atoms with van der Waals surface area (Å²) in [7, 11) is 0. The number of aliphatic hydroxyl groups is 1. The first-order valence-corrected chi connectivity index (χ1v) is 16.7. The zero-order valence-electron chi connectivity index (χ0n) is 27.3. The first-order chi connectivity index (χ1) is 22.2. The molecule has 46 heavy (non-hydrogen) atoms. The van der Waals surface area contributed by atoms with Gasteiger partial charge in [0.15, 0.2) is 0 Å². The molecule has 0 radical (unpaired) electrons. The molecule has 4 rings (SSSR count). The average molecular weight is 628 g/mol. The predicted molar refractivity (Wildman–Crippen MR) is 181 cm³/mol. The molecule has 0 spiro atoms. The van der Waals surface area contributed by atoms with Crippen LogP contribution in [-0.4, -0.2) is 47.1 Å². The number of hydrogen-bond acceptors (Lipinski definition) is 5. The minimum Gasteiger partial charge on any atom is -0.457 e. The van der Waals surface area contributed by atoms with Crippen LogP contribution in [0.25, 0.3) is 0 Å². The Bertz CT molecular complexity index is 1390. The Balaban J connectivity index is 1.54. The molecule has 0 saturated heterocycles. The molecule has 3 amide bonds. The van der Waals surface area contributed by atoms with E-state index in [0.717, 1.165) is 44.1 Å². The van der Waals surface area contributed by atoms with Crippen LogP contribution in [0, 0.1) is 11.8 Å². The molecule has 0 aromatic heterocycles. The average Bonchev–Trinajstić information content (AvgIpc) is 3.07. The lowest BCUT2D eigenvalue weighted by atomic mass is 9.80. The van der Waals surface area contributed by atoms with Crippen molar-refractivity contribution in [2.24, 2.45) is 11.8 Å². The molecule has 3 aromatic rings. The van der Waals surface area contributed by atoms with Gasteiger partial charge >= 0.3 is 0 Å². The van der Waals surface area contributed by atoms with Crippen LogP contribution in [0.3, 0.4) is 0 Å². The molecule has 8 heteroatoms. The largest absolute Gasteiger partial charge is 0.457 e. The van der Waals surface area contributed by atoms with E-state index in [1.807, 2.05) is 74.5 Å². The molecular weight excluding hydrogens is 578 g/mol. The van der Waals surface area contributed by atoms with Crippen LogP contribution in [0.2, 0.25) is 0 Å². The molecule has 1 aliphatic carbocycles. The Morgan fingerprint density at radius 2 is 1.50 bits per heavy atom. The van der Waals surface area contributed by atoms with Crippen LogP contribution in [-0.2, 0) is 16.0 Å². The molecule has 3 aromatic carbocycles. The van der Waals surface area contributed by atoms with Gasteiger partial charge in [-0.25, -0.2) is 0 Å². The van der Waals surface area contributed by atoms with Gasteiger partial charge in [-0.2, -0.15) is 0 Å². The molecule has 5 atom stereocenters. The molecular formula is C38H49N3O5. The summed E-state index contributed by atoms with van der Waals surface area (Å²) in [6.07, 6.45) is 5.69. The second kappa shape index (κ2) is 17.5. The molecule has 1 aliphatic rings. The minimum absolute atomic E-state index is 0.0485. The smallest absolute Gasteiger partial charge is 0.251 e. The predicted octanol–water partition coefficient (Wildman–Crippen LogP) is 6.19. The molecule has 1 fully saturated rings. The summed E-state index contributed by atoms with van der Waals surface area (Å²) in [5.74, 6) is 0.551. The summed E-state index contributed by atoms with van der Waals surface area (Å²) < 4.78 is 5.95. The van der Waals surface area contributed by atoms with Gasteiger partial charge in [-0.1, -0.05) is 94.1 Å². The Labute approximate surface area is 273 Å². The maximum absolute atomic E-state index is 13.6. The quantitative estimate of drug-likeness (QED) is 0.160. The third-order valence-electron chi connectivity index (χ3n) is 9.05. The highest BCUT2D eigenvalue weighted by Gasteiger charge is 2.34. The standard InChI is InChI=1S/C38H49N3O5/c1-4-26(2)36(39-27(3)42)38(45)40-33(29-17-10-6-11-18-29)25-35(43)34(23-28-15-8-5-9-16-28)41-37(44)30-19-14-22-32(24-30)46-31-20-12-7-13-21-31/h5,7-9,12-16,19-22,24,26,29,33-36,43H,4,6,10-11,17-18,23,25H2,1-3H3,(H,39,42)(H,40,45)(H,41,44)/t26?,33?,34?,35?,36-/m0/s1. The molecule has 0 bridgehead atoms. The van der Waals surface area contributed by atoms with Gasteiger partial charge in [-0.15, -0.1) is 0 Å². The van der Waals surface area contributed by atoms with E-state index in [1.165, 1.54) is 6.92 Å². The lowest BCUT2D eigenvalue weighted by Crippen LogP contribution is -2.55. The molecule has 1 saturated carbocycles. The van der Waals surface area contributed by atoms with E-state index in [-0.39, 0.29) is 42.0 Å². The number of amides is 3. The zero-order chi connectivity index (χ0) is 32.9. The van der Waals surface area contributed by atoms with Crippen molar-refractivity contribution in [1.29, 1.82) is 0 Å². The number of hydrogen-bond donors (Lipinski definition) is 4. The van der Waals surface area contributed by atoms with Crippen molar-refractivity contribution in [3.63, 3.8) is 0 Å². The third-order valence-corrected chi connectivity index (χ3v) is 9.05. The lowest BCUT2D eigenvalue weighted by Gasteiger charge is -2.36. The number of rotatable bonds is 15. The monoisotopic (exact) mass is 627 g/mol. The normalized spacial score (nSPS) is 16.7. The minimum atomic E-state index is -0.942. The summed E-state index contributed by atoms with van der Waals surface area (Å²) in [6.45, 7) is 5.37. The number of benzene rings is 3. The maximum atomic E-state index is 13.6. The highest BCUT2D eigenvalue weighted by Crippen LogP contribution is 2.30. The van der Waals surface area contributed by atoms with Gasteiger partial charge in [0.05, 0.1) is 12.1 Å². The van der Waals surface area contributed by atoms with Crippen LogP contribution in [0.4, 0.5) is 0 Å². The van der Waals surface area contributed by atoms with Crippen molar-refractivity contribution in [3.05, 3.63) is 96.1 Å². The van der Waals surface area contributed by atoms with E-state index in [1.54, 1.807) is 24.3 Å². The van der Waals surface area contributed by atoms with Crippen molar-refractivity contribution in [2.45, 2.75) is 96.4 Å². The summed E-state index contributed by atoms with van der Waals surface area (Å²) in [6, 6.07) is 24.5. The fourth-order valence-corrected chi connectivity index (χ4v) is 6.25. The molecule has 4 N–H and O–H groups in total. The van der Waals surface area contributed by atoms with Crippen LogP contribution >= 0.6 is 0 Å². The Morgan fingerprint density at radius 1 is 0.848 bits per heavy atom. The van der Waals surface area contributed by atoms with Gasteiger partial charge in [0.2, 0.25) is 11.8 Å².